The Morgan fingerprint density at radius 3 is 2.78 bits per heavy atom. The van der Waals surface area contributed by atoms with Crippen LogP contribution >= 0.6 is 12.2 Å². The molecule has 4 rings (SSSR count). The van der Waals surface area contributed by atoms with E-state index in [0.29, 0.717) is 4.99 Å². The zero-order valence-electron chi connectivity index (χ0n) is 15.3. The molecule has 0 amide bonds. The summed E-state index contributed by atoms with van der Waals surface area (Å²) in [4.78, 5) is 0.424. The Balaban J connectivity index is 1.88. The van der Waals surface area contributed by atoms with Crippen molar-refractivity contribution < 1.29 is 0 Å². The van der Waals surface area contributed by atoms with E-state index in [1.807, 2.05) is 18.2 Å². The van der Waals surface area contributed by atoms with Gasteiger partial charge in [-0.1, -0.05) is 55.9 Å². The molecule has 136 valence electrons. The number of hydrogen-bond acceptors (Lipinski definition) is 2. The summed E-state index contributed by atoms with van der Waals surface area (Å²) in [7, 11) is 0. The highest BCUT2D eigenvalue weighted by atomic mass is 32.1. The van der Waals surface area contributed by atoms with Crippen LogP contribution in [0.2, 0.25) is 0 Å². The Labute approximate surface area is 164 Å². The predicted octanol–water partition coefficient (Wildman–Crippen LogP) is 5.13. The number of thiocarbonyl (C=S) groups is 1. The van der Waals surface area contributed by atoms with Gasteiger partial charge >= 0.3 is 0 Å². The van der Waals surface area contributed by atoms with Crippen LogP contribution in [0, 0.1) is 0 Å². The molecule has 0 aliphatic rings. The number of fused-ring (bicyclic) bond motifs is 1. The average molecular weight is 375 g/mol. The van der Waals surface area contributed by atoms with E-state index in [-0.39, 0.29) is 0 Å². The molecule has 0 bridgehead atoms. The monoisotopic (exact) mass is 374 g/mol. The maximum absolute atomic E-state index is 5.84. The number of nitrogens with two attached hydrogens (primary N) is 1. The fourth-order valence-corrected chi connectivity index (χ4v) is 3.59. The zero-order chi connectivity index (χ0) is 18.8. The number of rotatable bonds is 6. The smallest absolute Gasteiger partial charge is 0.104 e. The van der Waals surface area contributed by atoms with Gasteiger partial charge in [-0.15, -0.1) is 0 Å². The third-order valence-electron chi connectivity index (χ3n) is 4.90. The summed E-state index contributed by atoms with van der Waals surface area (Å²) < 4.78 is 2.35. The summed E-state index contributed by atoms with van der Waals surface area (Å²) in [6.45, 7) is 3.21. The van der Waals surface area contributed by atoms with Crippen molar-refractivity contribution in [2.24, 2.45) is 5.73 Å². The minimum absolute atomic E-state index is 0.424. The van der Waals surface area contributed by atoms with Crippen molar-refractivity contribution in [2.75, 3.05) is 0 Å². The molecule has 2 heterocycles. The van der Waals surface area contributed by atoms with Gasteiger partial charge in [-0.2, -0.15) is 5.10 Å². The van der Waals surface area contributed by atoms with Gasteiger partial charge in [0.2, 0.25) is 0 Å². The third kappa shape index (κ3) is 3.38. The molecule has 0 saturated carbocycles. The predicted molar refractivity (Wildman–Crippen MR) is 116 cm³/mol. The highest BCUT2D eigenvalue weighted by Gasteiger charge is 2.13. The van der Waals surface area contributed by atoms with Gasteiger partial charge in [-0.25, -0.2) is 0 Å². The van der Waals surface area contributed by atoms with Crippen molar-refractivity contribution in [3.05, 3.63) is 66.5 Å². The molecule has 0 radical (unpaired) electrons. The molecular formula is C22H22N4S. The van der Waals surface area contributed by atoms with E-state index in [2.05, 4.69) is 58.2 Å². The number of aryl methyl sites for hydroxylation is 1. The lowest BCUT2D eigenvalue weighted by Gasteiger charge is -2.05. The normalized spacial score (nSPS) is 11.1. The number of nitrogens with zero attached hydrogens (tertiary/aromatic N) is 2. The molecule has 27 heavy (non-hydrogen) atoms. The van der Waals surface area contributed by atoms with Crippen LogP contribution in [0.4, 0.5) is 0 Å². The molecule has 3 N–H and O–H groups in total. The lowest BCUT2D eigenvalue weighted by Crippen LogP contribution is -2.08. The Kier molecular flexibility index (Phi) is 4.77. The van der Waals surface area contributed by atoms with E-state index in [1.54, 1.807) is 6.20 Å². The molecule has 2 aromatic heterocycles. The summed E-state index contributed by atoms with van der Waals surface area (Å²) in [5, 5.41) is 8.36. The van der Waals surface area contributed by atoms with Crippen molar-refractivity contribution in [3.63, 3.8) is 0 Å². The number of nitrogens with one attached hydrogen (secondary N) is 1. The van der Waals surface area contributed by atoms with Crippen LogP contribution in [0.5, 0.6) is 0 Å². The second-order valence-corrected chi connectivity index (χ2v) is 7.18. The standard InChI is InChI=1S/C22H22N4S/c1-2-3-11-26-14-19(15-5-4-6-17(12-15)22(23)27)18-8-7-16(13-21(18)26)20-9-10-24-25-20/h4-10,12-14H,2-3,11H2,1H3,(H2,23,27)(H,24,25). The van der Waals surface area contributed by atoms with Crippen LogP contribution in [0.1, 0.15) is 25.3 Å². The number of hydrogen-bond donors (Lipinski definition) is 2. The van der Waals surface area contributed by atoms with Gasteiger partial charge in [-0.3, -0.25) is 5.10 Å². The van der Waals surface area contributed by atoms with Crippen LogP contribution in [0.3, 0.4) is 0 Å². The van der Waals surface area contributed by atoms with E-state index in [1.165, 1.54) is 16.5 Å². The van der Waals surface area contributed by atoms with Gasteiger partial charge in [0.25, 0.3) is 0 Å². The highest BCUT2D eigenvalue weighted by molar-refractivity contribution is 7.80. The largest absolute Gasteiger partial charge is 0.389 e. The van der Waals surface area contributed by atoms with Crippen molar-refractivity contribution in [2.45, 2.75) is 26.3 Å². The maximum Gasteiger partial charge on any atom is 0.104 e. The van der Waals surface area contributed by atoms with E-state index in [4.69, 9.17) is 18.0 Å². The summed E-state index contributed by atoms with van der Waals surface area (Å²) in [5.74, 6) is 0. The quantitative estimate of drug-likeness (QED) is 0.460. The van der Waals surface area contributed by atoms with Crippen molar-refractivity contribution in [1.29, 1.82) is 0 Å². The Bertz CT molecular complexity index is 1090. The van der Waals surface area contributed by atoms with Gasteiger partial charge in [-0.05, 0) is 30.2 Å². The Morgan fingerprint density at radius 2 is 2.04 bits per heavy atom. The second kappa shape index (κ2) is 7.37. The lowest BCUT2D eigenvalue weighted by molar-refractivity contribution is 0.650. The first kappa shape index (κ1) is 17.5. The first-order valence-electron chi connectivity index (χ1n) is 9.20. The van der Waals surface area contributed by atoms with E-state index < -0.39 is 0 Å². The van der Waals surface area contributed by atoms with Gasteiger partial charge in [0.15, 0.2) is 0 Å². The van der Waals surface area contributed by atoms with Gasteiger partial charge in [0.05, 0.1) is 5.69 Å². The molecule has 0 aliphatic carbocycles. The third-order valence-corrected chi connectivity index (χ3v) is 5.14. The summed E-state index contributed by atoms with van der Waals surface area (Å²) in [5.41, 5.74) is 12.5. The van der Waals surface area contributed by atoms with Crippen LogP contribution in [-0.2, 0) is 6.54 Å². The SMILES string of the molecule is CCCCn1cc(-c2cccc(C(N)=S)c2)c2ccc(-c3ccn[nH]3)cc21. The molecule has 0 spiro atoms. The van der Waals surface area contributed by atoms with Gasteiger partial charge in [0.1, 0.15) is 4.99 Å². The minimum Gasteiger partial charge on any atom is -0.389 e. The lowest BCUT2D eigenvalue weighted by atomic mass is 10.0. The fourth-order valence-electron chi connectivity index (χ4n) is 3.46. The number of unbranched alkanes of at least 4 members (excludes halogenated alkanes) is 1. The summed E-state index contributed by atoms with van der Waals surface area (Å²) in [6, 6.07) is 16.7. The van der Waals surface area contributed by atoms with Crippen LogP contribution in [0.15, 0.2) is 60.9 Å². The van der Waals surface area contributed by atoms with Crippen molar-refractivity contribution >= 4 is 28.1 Å². The minimum atomic E-state index is 0.424. The molecule has 4 nitrogen and oxygen atoms in total. The molecule has 0 saturated heterocycles. The van der Waals surface area contributed by atoms with Crippen LogP contribution in [-0.4, -0.2) is 19.8 Å². The number of benzene rings is 2. The maximum atomic E-state index is 5.84. The number of aromatic amines is 1. The van der Waals surface area contributed by atoms with Crippen LogP contribution < -0.4 is 5.73 Å². The topological polar surface area (TPSA) is 59.6 Å². The first-order valence-corrected chi connectivity index (χ1v) is 9.61. The molecule has 4 aromatic rings. The molecule has 5 heteroatoms. The van der Waals surface area contributed by atoms with Crippen molar-refractivity contribution in [1.82, 2.24) is 14.8 Å². The van der Waals surface area contributed by atoms with Gasteiger partial charge < -0.3 is 10.3 Å². The van der Waals surface area contributed by atoms with E-state index in [9.17, 15) is 0 Å². The number of aromatic nitrogens is 3. The first-order chi connectivity index (χ1) is 13.2. The zero-order valence-corrected chi connectivity index (χ0v) is 16.1. The molecule has 0 atom stereocenters. The van der Waals surface area contributed by atoms with Gasteiger partial charge in [0, 0.05) is 46.5 Å². The van der Waals surface area contributed by atoms with Crippen molar-refractivity contribution in [3.8, 4) is 22.4 Å². The molecule has 0 unspecified atom stereocenters. The second-order valence-electron chi connectivity index (χ2n) is 6.74. The Morgan fingerprint density at radius 1 is 1.15 bits per heavy atom. The fraction of sp³-hybridized carbons (Fsp3) is 0.182. The Hall–Kier alpha value is -2.92. The average Bonchev–Trinajstić information content (AvgIpc) is 3.34. The number of H-pyrrole nitrogens is 1. The highest BCUT2D eigenvalue weighted by Crippen LogP contribution is 2.34. The summed E-state index contributed by atoms with van der Waals surface area (Å²) in [6.07, 6.45) is 6.33. The van der Waals surface area contributed by atoms with E-state index >= 15 is 0 Å². The molecule has 0 aliphatic heterocycles. The molecular weight excluding hydrogens is 352 g/mol. The van der Waals surface area contributed by atoms with E-state index in [0.717, 1.165) is 41.8 Å². The molecule has 0 fully saturated rings. The summed E-state index contributed by atoms with van der Waals surface area (Å²) >= 11 is 5.16. The molecule has 2 aromatic carbocycles. The van der Waals surface area contributed by atoms with Crippen LogP contribution in [0.25, 0.3) is 33.3 Å².